The number of benzene rings is 1. The first-order valence-electron chi connectivity index (χ1n) is 12.1. The van der Waals surface area contributed by atoms with Gasteiger partial charge in [0.15, 0.2) is 0 Å². The summed E-state index contributed by atoms with van der Waals surface area (Å²) in [6.07, 6.45) is 4.94. The second kappa shape index (κ2) is 10.2. The molecule has 2 saturated heterocycles. The predicted molar refractivity (Wildman–Crippen MR) is 137 cm³/mol. The molecule has 36 heavy (non-hydrogen) atoms. The van der Waals surface area contributed by atoms with E-state index in [4.69, 9.17) is 16.3 Å². The molecule has 2 aliphatic heterocycles. The van der Waals surface area contributed by atoms with Gasteiger partial charge in [0.05, 0.1) is 35.9 Å². The number of ether oxygens (including phenoxy) is 1. The zero-order valence-electron chi connectivity index (χ0n) is 20.4. The molecule has 4 heterocycles. The number of halogens is 2. The van der Waals surface area contributed by atoms with Gasteiger partial charge in [0, 0.05) is 56.4 Å². The fourth-order valence-electron chi connectivity index (χ4n) is 5.04. The number of rotatable bonds is 6. The van der Waals surface area contributed by atoms with Crippen LogP contribution in [0.5, 0.6) is 0 Å². The molecule has 0 radical (unpaired) electrons. The summed E-state index contributed by atoms with van der Waals surface area (Å²) in [6, 6.07) is 7.65. The van der Waals surface area contributed by atoms with Crippen molar-refractivity contribution in [2.24, 2.45) is 5.41 Å². The maximum Gasteiger partial charge on any atom is 0.234 e. The van der Waals surface area contributed by atoms with Gasteiger partial charge in [-0.1, -0.05) is 23.7 Å². The van der Waals surface area contributed by atoms with Gasteiger partial charge in [0.25, 0.3) is 0 Å². The first kappa shape index (κ1) is 24.7. The highest BCUT2D eigenvalue weighted by Gasteiger charge is 2.47. The van der Waals surface area contributed by atoms with Gasteiger partial charge in [-0.3, -0.25) is 15.1 Å². The molecule has 0 spiro atoms. The summed E-state index contributed by atoms with van der Waals surface area (Å²) in [6.45, 7) is 8.39. The van der Waals surface area contributed by atoms with Gasteiger partial charge < -0.3 is 19.5 Å². The monoisotopic (exact) mass is 512 g/mol. The Labute approximate surface area is 214 Å². The second-order valence-corrected chi connectivity index (χ2v) is 10.1. The van der Waals surface area contributed by atoms with E-state index in [2.05, 4.69) is 50.6 Å². The minimum Gasteiger partial charge on any atom is -0.378 e. The van der Waals surface area contributed by atoms with Crippen molar-refractivity contribution < 1.29 is 13.9 Å². The Morgan fingerprint density at radius 1 is 1.31 bits per heavy atom. The first-order chi connectivity index (χ1) is 17.3. The lowest BCUT2D eigenvalue weighted by atomic mass is 9.77. The number of anilines is 2. The molecule has 1 amide bonds. The third-order valence-corrected chi connectivity index (χ3v) is 7.38. The van der Waals surface area contributed by atoms with E-state index in [1.54, 1.807) is 6.20 Å². The van der Waals surface area contributed by atoms with Gasteiger partial charge in [-0.05, 0) is 37.1 Å². The number of aryl methyl sites for hydroxylation is 1. The SMILES string of the molecule is Cc1ccc(Cn2ccnc2NC(=O)C2(C)CNCC2c2ncc(Cl)cc2F)c(N2CCOCC2)c1. The lowest BCUT2D eigenvalue weighted by Gasteiger charge is -2.31. The Hall–Kier alpha value is -3.01. The number of hydrogen-bond acceptors (Lipinski definition) is 6. The minimum absolute atomic E-state index is 0.225. The molecule has 3 aromatic rings. The summed E-state index contributed by atoms with van der Waals surface area (Å²) >= 11 is 5.89. The number of aromatic nitrogens is 3. The van der Waals surface area contributed by atoms with Crippen molar-refractivity contribution in [1.29, 1.82) is 0 Å². The number of hydrogen-bond donors (Lipinski definition) is 2. The third kappa shape index (κ3) is 4.83. The van der Waals surface area contributed by atoms with Crippen LogP contribution in [0, 0.1) is 18.2 Å². The molecule has 2 atom stereocenters. The van der Waals surface area contributed by atoms with Crippen LogP contribution in [0.4, 0.5) is 16.0 Å². The molecule has 2 N–H and O–H groups in total. The van der Waals surface area contributed by atoms with Gasteiger partial charge in [-0.2, -0.15) is 0 Å². The number of pyridine rings is 1. The van der Waals surface area contributed by atoms with Crippen LogP contribution in [0.2, 0.25) is 5.02 Å². The predicted octanol–water partition coefficient (Wildman–Crippen LogP) is 3.60. The number of amides is 1. The molecule has 190 valence electrons. The Bertz CT molecular complexity index is 1260. The van der Waals surface area contributed by atoms with Crippen LogP contribution in [0.3, 0.4) is 0 Å². The molecule has 0 saturated carbocycles. The standard InChI is InChI=1S/C26H30ClFN6O2/c1-17-3-4-18(22(11-17)33-7-9-36-10-8-33)15-34-6-5-30-25(34)32-24(35)26(2)16-29-14-20(26)23-21(28)12-19(27)13-31-23/h3-6,11-13,20,29H,7-10,14-16H2,1-2H3,(H,30,32,35). The van der Waals surface area contributed by atoms with E-state index in [1.165, 1.54) is 23.5 Å². The zero-order chi connectivity index (χ0) is 25.3. The van der Waals surface area contributed by atoms with E-state index >= 15 is 0 Å². The summed E-state index contributed by atoms with van der Waals surface area (Å²) < 4.78 is 22.1. The molecule has 5 rings (SSSR count). The second-order valence-electron chi connectivity index (χ2n) is 9.69. The minimum atomic E-state index is -0.915. The zero-order valence-corrected chi connectivity index (χ0v) is 21.2. The van der Waals surface area contributed by atoms with Crippen LogP contribution in [-0.4, -0.2) is 59.8 Å². The van der Waals surface area contributed by atoms with E-state index in [9.17, 15) is 9.18 Å². The molecule has 0 aliphatic carbocycles. The summed E-state index contributed by atoms with van der Waals surface area (Å²) in [5, 5.41) is 6.45. The molecule has 8 nitrogen and oxygen atoms in total. The fraction of sp³-hybridized carbons (Fsp3) is 0.423. The van der Waals surface area contributed by atoms with Crippen molar-refractivity contribution in [2.75, 3.05) is 49.6 Å². The van der Waals surface area contributed by atoms with E-state index in [0.29, 0.717) is 38.8 Å². The quantitative estimate of drug-likeness (QED) is 0.525. The van der Waals surface area contributed by atoms with Gasteiger partial charge in [-0.15, -0.1) is 0 Å². The van der Waals surface area contributed by atoms with Crippen LogP contribution in [0.25, 0.3) is 0 Å². The average Bonchev–Trinajstić information content (AvgIpc) is 3.47. The van der Waals surface area contributed by atoms with Crippen LogP contribution in [0.1, 0.15) is 29.7 Å². The summed E-state index contributed by atoms with van der Waals surface area (Å²) in [5.41, 5.74) is 2.81. The lowest BCUT2D eigenvalue weighted by Crippen LogP contribution is -2.40. The molecule has 2 aliphatic rings. The van der Waals surface area contributed by atoms with Gasteiger partial charge >= 0.3 is 0 Å². The van der Waals surface area contributed by atoms with E-state index in [0.717, 1.165) is 18.7 Å². The Morgan fingerprint density at radius 2 is 2.11 bits per heavy atom. The summed E-state index contributed by atoms with van der Waals surface area (Å²) in [4.78, 5) is 24.5. The van der Waals surface area contributed by atoms with Gasteiger partial charge in [-0.25, -0.2) is 9.37 Å². The third-order valence-electron chi connectivity index (χ3n) is 7.17. The smallest absolute Gasteiger partial charge is 0.234 e. The number of morpholine rings is 1. The lowest BCUT2D eigenvalue weighted by molar-refractivity contribution is -0.124. The number of imidazole rings is 1. The fourth-order valence-corrected chi connectivity index (χ4v) is 5.18. The van der Waals surface area contributed by atoms with Gasteiger partial charge in [0.2, 0.25) is 11.9 Å². The van der Waals surface area contributed by atoms with Crippen molar-refractivity contribution in [3.63, 3.8) is 0 Å². The Kier molecular flexibility index (Phi) is 6.96. The molecule has 2 aromatic heterocycles. The van der Waals surface area contributed by atoms with Crippen molar-refractivity contribution >= 4 is 29.1 Å². The van der Waals surface area contributed by atoms with Gasteiger partial charge in [0.1, 0.15) is 5.82 Å². The topological polar surface area (TPSA) is 84.3 Å². The van der Waals surface area contributed by atoms with E-state index < -0.39 is 17.2 Å². The molecule has 2 fully saturated rings. The van der Waals surface area contributed by atoms with Crippen LogP contribution in [-0.2, 0) is 16.1 Å². The maximum absolute atomic E-state index is 14.7. The molecule has 1 aromatic carbocycles. The first-order valence-corrected chi connectivity index (χ1v) is 12.5. The molecular weight excluding hydrogens is 483 g/mol. The van der Waals surface area contributed by atoms with Crippen LogP contribution < -0.4 is 15.5 Å². The van der Waals surface area contributed by atoms with Crippen LogP contribution >= 0.6 is 11.6 Å². The van der Waals surface area contributed by atoms with Crippen molar-refractivity contribution in [3.8, 4) is 0 Å². The highest BCUT2D eigenvalue weighted by molar-refractivity contribution is 6.30. The van der Waals surface area contributed by atoms with E-state index in [-0.39, 0.29) is 16.6 Å². The summed E-state index contributed by atoms with van der Waals surface area (Å²) in [7, 11) is 0. The maximum atomic E-state index is 14.7. The highest BCUT2D eigenvalue weighted by Crippen LogP contribution is 2.40. The Balaban J connectivity index is 1.37. The molecule has 0 bridgehead atoms. The highest BCUT2D eigenvalue weighted by atomic mass is 35.5. The number of nitrogens with one attached hydrogen (secondary N) is 2. The largest absolute Gasteiger partial charge is 0.378 e. The number of nitrogens with zero attached hydrogens (tertiary/aromatic N) is 4. The average molecular weight is 513 g/mol. The molecular formula is C26H30ClFN6O2. The van der Waals surface area contributed by atoms with E-state index in [1.807, 2.05) is 17.7 Å². The summed E-state index contributed by atoms with van der Waals surface area (Å²) in [5.74, 6) is -0.738. The molecule has 10 heteroatoms. The van der Waals surface area contributed by atoms with Crippen LogP contribution in [0.15, 0.2) is 42.9 Å². The Morgan fingerprint density at radius 3 is 2.89 bits per heavy atom. The number of carbonyl (C=O) groups excluding carboxylic acids is 1. The van der Waals surface area contributed by atoms with Crippen molar-refractivity contribution in [2.45, 2.75) is 26.3 Å². The van der Waals surface area contributed by atoms with Crippen molar-refractivity contribution in [1.82, 2.24) is 19.9 Å². The number of carbonyl (C=O) groups is 1. The normalized spacial score (nSPS) is 22.1. The van der Waals surface area contributed by atoms with Crippen molar-refractivity contribution in [3.05, 3.63) is 70.5 Å². The molecule has 2 unspecified atom stereocenters.